The number of nitrogens with one attached hydrogen (secondary N) is 1. The summed E-state index contributed by atoms with van der Waals surface area (Å²) in [5, 5.41) is 14.7. The molecule has 0 bridgehead atoms. The highest BCUT2D eigenvalue weighted by molar-refractivity contribution is 6.30. The molecular formula is C15H17ClN2O4. The number of nitro benzene ring substituents is 1. The lowest BCUT2D eigenvalue weighted by atomic mass is 10.1. The van der Waals surface area contributed by atoms with E-state index in [1.807, 2.05) is 6.92 Å². The van der Waals surface area contributed by atoms with Gasteiger partial charge in [0.05, 0.1) is 23.6 Å². The lowest BCUT2D eigenvalue weighted by Crippen LogP contribution is -2.29. The number of nitrogens with zero attached hydrogens (tertiary/aromatic N) is 1. The summed E-state index contributed by atoms with van der Waals surface area (Å²) in [5.74, 6) is 1.14. The number of nitro groups is 1. The van der Waals surface area contributed by atoms with Gasteiger partial charge in [-0.05, 0) is 31.2 Å². The van der Waals surface area contributed by atoms with E-state index in [4.69, 9.17) is 20.8 Å². The van der Waals surface area contributed by atoms with Crippen molar-refractivity contribution in [1.29, 1.82) is 0 Å². The first kappa shape index (κ1) is 16.5. The molecule has 0 fully saturated rings. The van der Waals surface area contributed by atoms with Crippen molar-refractivity contribution in [1.82, 2.24) is 5.32 Å². The van der Waals surface area contributed by atoms with Gasteiger partial charge in [-0.2, -0.15) is 0 Å². The van der Waals surface area contributed by atoms with E-state index in [1.54, 1.807) is 31.4 Å². The third-order valence-corrected chi connectivity index (χ3v) is 3.36. The average molecular weight is 325 g/mol. The predicted octanol–water partition coefficient (Wildman–Crippen LogP) is 3.63. The molecule has 1 aromatic carbocycles. The normalized spacial score (nSPS) is 12.3. The van der Waals surface area contributed by atoms with Gasteiger partial charge in [-0.3, -0.25) is 10.1 Å². The third-order valence-electron chi connectivity index (χ3n) is 3.13. The summed E-state index contributed by atoms with van der Waals surface area (Å²) in [4.78, 5) is 10.7. The molecule has 1 atom stereocenters. The Morgan fingerprint density at radius 3 is 2.86 bits per heavy atom. The Morgan fingerprint density at radius 1 is 1.41 bits per heavy atom. The standard InChI is InChI=1S/C15H17ClN2O4/c1-10(9-21-2)17-8-12-4-6-15(22-12)13-5-3-11(16)7-14(13)18(19)20/h3-7,10,17H,8-9H2,1-2H3. The molecule has 0 saturated carbocycles. The molecule has 2 aromatic rings. The second-order valence-corrected chi connectivity index (χ2v) is 5.36. The summed E-state index contributed by atoms with van der Waals surface area (Å²) in [6.07, 6.45) is 0. The lowest BCUT2D eigenvalue weighted by molar-refractivity contribution is -0.384. The summed E-state index contributed by atoms with van der Waals surface area (Å²) < 4.78 is 10.7. The van der Waals surface area contributed by atoms with Gasteiger partial charge in [0.15, 0.2) is 0 Å². The highest BCUT2D eigenvalue weighted by Gasteiger charge is 2.18. The SMILES string of the molecule is COCC(C)NCc1ccc(-c2ccc(Cl)cc2[N+](=O)[O-])o1. The fraction of sp³-hybridized carbons (Fsp3) is 0.333. The molecule has 1 heterocycles. The average Bonchev–Trinajstić information content (AvgIpc) is 2.94. The molecule has 1 N–H and O–H groups in total. The molecular weight excluding hydrogens is 308 g/mol. The maximum Gasteiger partial charge on any atom is 0.281 e. The maximum absolute atomic E-state index is 11.1. The molecule has 6 nitrogen and oxygen atoms in total. The summed E-state index contributed by atoms with van der Waals surface area (Å²) in [7, 11) is 1.64. The fourth-order valence-corrected chi connectivity index (χ4v) is 2.23. The molecule has 0 aliphatic heterocycles. The first-order chi connectivity index (χ1) is 10.5. The minimum Gasteiger partial charge on any atom is -0.459 e. The summed E-state index contributed by atoms with van der Waals surface area (Å²) in [5.41, 5.74) is 0.333. The van der Waals surface area contributed by atoms with Gasteiger partial charge in [-0.1, -0.05) is 11.6 Å². The van der Waals surface area contributed by atoms with E-state index < -0.39 is 4.92 Å². The molecule has 1 aromatic heterocycles. The van der Waals surface area contributed by atoms with E-state index in [0.29, 0.717) is 35.3 Å². The number of rotatable bonds is 7. The summed E-state index contributed by atoms with van der Waals surface area (Å²) in [6, 6.07) is 8.20. The zero-order valence-electron chi connectivity index (χ0n) is 12.3. The van der Waals surface area contributed by atoms with E-state index in [-0.39, 0.29) is 11.7 Å². The van der Waals surface area contributed by atoms with Gasteiger partial charge in [0.2, 0.25) is 0 Å². The minimum atomic E-state index is -0.470. The Labute approximate surface area is 133 Å². The second kappa shape index (κ2) is 7.40. The Morgan fingerprint density at radius 2 is 2.18 bits per heavy atom. The molecule has 0 aliphatic carbocycles. The van der Waals surface area contributed by atoms with Crippen LogP contribution >= 0.6 is 11.6 Å². The van der Waals surface area contributed by atoms with Gasteiger partial charge in [0, 0.05) is 24.2 Å². The number of benzene rings is 1. The summed E-state index contributed by atoms with van der Waals surface area (Å²) in [6.45, 7) is 3.11. The minimum absolute atomic E-state index is 0.0749. The Bertz CT molecular complexity index is 657. The van der Waals surface area contributed by atoms with Gasteiger partial charge in [-0.15, -0.1) is 0 Å². The van der Waals surface area contributed by atoms with Crippen molar-refractivity contribution in [3.63, 3.8) is 0 Å². The van der Waals surface area contributed by atoms with Crippen molar-refractivity contribution in [3.8, 4) is 11.3 Å². The number of hydrogen-bond donors (Lipinski definition) is 1. The van der Waals surface area contributed by atoms with Crippen molar-refractivity contribution >= 4 is 17.3 Å². The van der Waals surface area contributed by atoms with Crippen LogP contribution in [0.4, 0.5) is 5.69 Å². The van der Waals surface area contributed by atoms with Crippen LogP contribution < -0.4 is 5.32 Å². The lowest BCUT2D eigenvalue weighted by Gasteiger charge is -2.10. The highest BCUT2D eigenvalue weighted by Crippen LogP contribution is 2.33. The maximum atomic E-state index is 11.1. The van der Waals surface area contributed by atoms with Crippen LogP contribution in [0, 0.1) is 10.1 Å². The van der Waals surface area contributed by atoms with Gasteiger partial charge in [0.1, 0.15) is 11.5 Å². The molecule has 1 unspecified atom stereocenters. The van der Waals surface area contributed by atoms with Crippen LogP contribution in [0.5, 0.6) is 0 Å². The van der Waals surface area contributed by atoms with E-state index >= 15 is 0 Å². The van der Waals surface area contributed by atoms with Crippen LogP contribution in [0.3, 0.4) is 0 Å². The fourth-order valence-electron chi connectivity index (χ4n) is 2.07. The Kier molecular flexibility index (Phi) is 5.54. The molecule has 0 radical (unpaired) electrons. The second-order valence-electron chi connectivity index (χ2n) is 4.92. The number of ether oxygens (including phenoxy) is 1. The molecule has 0 spiro atoms. The molecule has 7 heteroatoms. The van der Waals surface area contributed by atoms with Gasteiger partial charge >= 0.3 is 0 Å². The number of hydrogen-bond acceptors (Lipinski definition) is 5. The number of methoxy groups -OCH3 is 1. The Hall–Kier alpha value is -1.89. The van der Waals surface area contributed by atoms with Crippen molar-refractivity contribution in [2.45, 2.75) is 19.5 Å². The molecule has 0 amide bonds. The van der Waals surface area contributed by atoms with E-state index in [0.717, 1.165) is 0 Å². The Balaban J connectivity index is 2.16. The van der Waals surface area contributed by atoms with Crippen LogP contribution in [-0.4, -0.2) is 24.7 Å². The number of furan rings is 1. The van der Waals surface area contributed by atoms with Crippen LogP contribution in [0.1, 0.15) is 12.7 Å². The zero-order chi connectivity index (χ0) is 16.1. The first-order valence-electron chi connectivity index (χ1n) is 6.76. The van der Waals surface area contributed by atoms with Crippen LogP contribution in [0.25, 0.3) is 11.3 Å². The monoisotopic (exact) mass is 324 g/mol. The van der Waals surface area contributed by atoms with E-state index in [9.17, 15) is 10.1 Å². The van der Waals surface area contributed by atoms with Crippen LogP contribution in [0.15, 0.2) is 34.7 Å². The molecule has 118 valence electrons. The van der Waals surface area contributed by atoms with Crippen molar-refractivity contribution in [2.24, 2.45) is 0 Å². The molecule has 0 saturated heterocycles. The van der Waals surface area contributed by atoms with Crippen LogP contribution in [0.2, 0.25) is 5.02 Å². The van der Waals surface area contributed by atoms with E-state index in [2.05, 4.69) is 5.32 Å². The smallest absolute Gasteiger partial charge is 0.281 e. The largest absolute Gasteiger partial charge is 0.459 e. The third kappa shape index (κ3) is 4.07. The predicted molar refractivity (Wildman–Crippen MR) is 84.0 cm³/mol. The topological polar surface area (TPSA) is 77.5 Å². The molecule has 0 aliphatic rings. The van der Waals surface area contributed by atoms with E-state index in [1.165, 1.54) is 6.07 Å². The molecule has 22 heavy (non-hydrogen) atoms. The first-order valence-corrected chi connectivity index (χ1v) is 7.14. The summed E-state index contributed by atoms with van der Waals surface area (Å²) >= 11 is 5.81. The van der Waals surface area contributed by atoms with Crippen molar-refractivity contribution in [2.75, 3.05) is 13.7 Å². The van der Waals surface area contributed by atoms with Crippen molar-refractivity contribution in [3.05, 3.63) is 51.2 Å². The number of halogens is 1. The highest BCUT2D eigenvalue weighted by atomic mass is 35.5. The van der Waals surface area contributed by atoms with Gasteiger partial charge in [-0.25, -0.2) is 0 Å². The van der Waals surface area contributed by atoms with Crippen LogP contribution in [-0.2, 0) is 11.3 Å². The zero-order valence-corrected chi connectivity index (χ0v) is 13.1. The molecule has 2 rings (SSSR count). The van der Waals surface area contributed by atoms with Crippen molar-refractivity contribution < 1.29 is 14.1 Å². The van der Waals surface area contributed by atoms with Gasteiger partial charge < -0.3 is 14.5 Å². The quantitative estimate of drug-likeness (QED) is 0.621. The van der Waals surface area contributed by atoms with Gasteiger partial charge in [0.25, 0.3) is 5.69 Å².